The van der Waals surface area contributed by atoms with Crippen LogP contribution in [0, 0.1) is 6.92 Å². The molecule has 29 heavy (non-hydrogen) atoms. The Morgan fingerprint density at radius 1 is 1.07 bits per heavy atom. The first-order valence-electron chi connectivity index (χ1n) is 9.32. The molecule has 0 saturated carbocycles. The Morgan fingerprint density at radius 2 is 1.86 bits per heavy atom. The summed E-state index contributed by atoms with van der Waals surface area (Å²) in [5.74, 6) is 1.71. The highest BCUT2D eigenvalue weighted by Crippen LogP contribution is 2.31. The molecule has 0 radical (unpaired) electrons. The Kier molecular flexibility index (Phi) is 7.48. The SMILES string of the molecule is CCOc1ccc(C(=O)Nc2nnc(SCc3cccc(C)c3)s2)cc1OCC. The van der Waals surface area contributed by atoms with Crippen LogP contribution in [0.25, 0.3) is 0 Å². The molecule has 8 heteroatoms. The van der Waals surface area contributed by atoms with E-state index in [2.05, 4.69) is 40.6 Å². The average Bonchev–Trinajstić information content (AvgIpc) is 3.15. The Bertz CT molecular complexity index is 975. The predicted octanol–water partition coefficient (Wildman–Crippen LogP) is 5.19. The Labute approximate surface area is 178 Å². The van der Waals surface area contributed by atoms with E-state index in [4.69, 9.17) is 9.47 Å². The van der Waals surface area contributed by atoms with Gasteiger partial charge < -0.3 is 9.47 Å². The monoisotopic (exact) mass is 429 g/mol. The number of thioether (sulfide) groups is 1. The number of carbonyl (C=O) groups excluding carboxylic acids is 1. The van der Waals surface area contributed by atoms with Crippen molar-refractivity contribution in [1.82, 2.24) is 10.2 Å². The van der Waals surface area contributed by atoms with Crippen molar-refractivity contribution < 1.29 is 14.3 Å². The summed E-state index contributed by atoms with van der Waals surface area (Å²) in [7, 11) is 0. The van der Waals surface area contributed by atoms with Crippen LogP contribution in [0.4, 0.5) is 5.13 Å². The van der Waals surface area contributed by atoms with Crippen LogP contribution < -0.4 is 14.8 Å². The van der Waals surface area contributed by atoms with E-state index in [1.54, 1.807) is 30.0 Å². The fourth-order valence-corrected chi connectivity index (χ4v) is 4.32. The summed E-state index contributed by atoms with van der Waals surface area (Å²) >= 11 is 2.96. The van der Waals surface area contributed by atoms with Crippen molar-refractivity contribution in [3.8, 4) is 11.5 Å². The van der Waals surface area contributed by atoms with E-state index in [-0.39, 0.29) is 5.91 Å². The van der Waals surface area contributed by atoms with Crippen molar-refractivity contribution in [2.45, 2.75) is 30.9 Å². The molecule has 0 aliphatic rings. The number of carbonyl (C=O) groups is 1. The first-order chi connectivity index (χ1) is 14.1. The van der Waals surface area contributed by atoms with Crippen LogP contribution in [-0.2, 0) is 5.75 Å². The molecule has 3 rings (SSSR count). The normalized spacial score (nSPS) is 10.6. The van der Waals surface area contributed by atoms with Gasteiger partial charge in [-0.3, -0.25) is 10.1 Å². The lowest BCUT2D eigenvalue weighted by molar-refractivity contribution is 0.102. The summed E-state index contributed by atoms with van der Waals surface area (Å²) in [6.07, 6.45) is 0. The highest BCUT2D eigenvalue weighted by molar-refractivity contribution is 8.00. The number of hydrogen-bond acceptors (Lipinski definition) is 7. The van der Waals surface area contributed by atoms with Crippen molar-refractivity contribution >= 4 is 34.1 Å². The molecule has 0 atom stereocenters. The molecular formula is C21H23N3O3S2. The van der Waals surface area contributed by atoms with Gasteiger partial charge in [0.1, 0.15) is 0 Å². The van der Waals surface area contributed by atoms with Crippen molar-refractivity contribution in [3.05, 3.63) is 59.2 Å². The highest BCUT2D eigenvalue weighted by atomic mass is 32.2. The minimum atomic E-state index is -0.264. The fraction of sp³-hybridized carbons (Fsp3) is 0.286. The van der Waals surface area contributed by atoms with Gasteiger partial charge >= 0.3 is 0 Å². The van der Waals surface area contributed by atoms with Crippen molar-refractivity contribution in [2.75, 3.05) is 18.5 Å². The van der Waals surface area contributed by atoms with Gasteiger partial charge in [0.05, 0.1) is 13.2 Å². The Morgan fingerprint density at radius 3 is 2.62 bits per heavy atom. The second-order valence-electron chi connectivity index (χ2n) is 6.13. The maximum Gasteiger partial charge on any atom is 0.257 e. The molecule has 1 N–H and O–H groups in total. The Balaban J connectivity index is 1.63. The van der Waals surface area contributed by atoms with Crippen LogP contribution in [0.2, 0.25) is 0 Å². The summed E-state index contributed by atoms with van der Waals surface area (Å²) in [5, 5.41) is 11.5. The summed E-state index contributed by atoms with van der Waals surface area (Å²) in [6, 6.07) is 13.5. The smallest absolute Gasteiger partial charge is 0.257 e. The van der Waals surface area contributed by atoms with E-state index >= 15 is 0 Å². The molecule has 2 aromatic carbocycles. The second kappa shape index (κ2) is 10.3. The highest BCUT2D eigenvalue weighted by Gasteiger charge is 2.14. The maximum absolute atomic E-state index is 12.6. The summed E-state index contributed by atoms with van der Waals surface area (Å²) in [4.78, 5) is 12.6. The Hall–Kier alpha value is -2.58. The number of hydrogen-bond donors (Lipinski definition) is 1. The van der Waals surface area contributed by atoms with Gasteiger partial charge in [-0.05, 0) is 44.5 Å². The zero-order chi connectivity index (χ0) is 20.6. The number of aromatic nitrogens is 2. The van der Waals surface area contributed by atoms with Crippen LogP contribution in [0.1, 0.15) is 35.3 Å². The summed E-state index contributed by atoms with van der Waals surface area (Å²) in [5.41, 5.74) is 2.93. The molecular weight excluding hydrogens is 406 g/mol. The molecule has 0 spiro atoms. The zero-order valence-electron chi connectivity index (χ0n) is 16.6. The van der Waals surface area contributed by atoms with Crippen LogP contribution in [-0.4, -0.2) is 29.3 Å². The summed E-state index contributed by atoms with van der Waals surface area (Å²) in [6.45, 7) is 6.88. The van der Waals surface area contributed by atoms with Crippen LogP contribution in [0.3, 0.4) is 0 Å². The number of ether oxygens (including phenoxy) is 2. The molecule has 3 aromatic rings. The van der Waals surface area contributed by atoms with Gasteiger partial charge in [0.25, 0.3) is 5.91 Å². The lowest BCUT2D eigenvalue weighted by atomic mass is 10.2. The first-order valence-corrected chi connectivity index (χ1v) is 11.1. The quantitative estimate of drug-likeness (QED) is 0.373. The standard InChI is InChI=1S/C21H23N3O3S2/c1-4-26-17-10-9-16(12-18(17)27-5-2)19(25)22-20-23-24-21(29-20)28-13-15-8-6-7-14(3)11-15/h6-12H,4-5,13H2,1-3H3,(H,22,23,25). The predicted molar refractivity (Wildman–Crippen MR) is 117 cm³/mol. The number of rotatable bonds is 9. The number of aryl methyl sites for hydroxylation is 1. The third-order valence-corrected chi connectivity index (χ3v) is 5.92. The first kappa shape index (κ1) is 21.1. The maximum atomic E-state index is 12.6. The molecule has 0 aliphatic carbocycles. The fourth-order valence-electron chi connectivity index (χ4n) is 2.63. The van der Waals surface area contributed by atoms with E-state index in [1.165, 1.54) is 22.5 Å². The van der Waals surface area contributed by atoms with Crippen molar-refractivity contribution in [3.63, 3.8) is 0 Å². The number of amides is 1. The average molecular weight is 430 g/mol. The van der Waals surface area contributed by atoms with Gasteiger partial charge in [0.2, 0.25) is 5.13 Å². The molecule has 0 bridgehead atoms. The second-order valence-corrected chi connectivity index (χ2v) is 8.33. The molecule has 152 valence electrons. The van der Waals surface area contributed by atoms with Gasteiger partial charge in [-0.2, -0.15) is 0 Å². The van der Waals surface area contributed by atoms with Crippen LogP contribution >= 0.6 is 23.1 Å². The van der Waals surface area contributed by atoms with Gasteiger partial charge in [-0.25, -0.2) is 0 Å². The van der Waals surface area contributed by atoms with E-state index in [9.17, 15) is 4.79 Å². The van der Waals surface area contributed by atoms with Gasteiger partial charge in [-0.1, -0.05) is 52.9 Å². The van der Waals surface area contributed by atoms with Crippen molar-refractivity contribution in [1.29, 1.82) is 0 Å². The van der Waals surface area contributed by atoms with E-state index in [0.29, 0.717) is 35.4 Å². The number of anilines is 1. The minimum Gasteiger partial charge on any atom is -0.490 e. The minimum absolute atomic E-state index is 0.264. The van der Waals surface area contributed by atoms with Gasteiger partial charge in [0.15, 0.2) is 15.8 Å². The number of benzene rings is 2. The zero-order valence-corrected chi connectivity index (χ0v) is 18.2. The molecule has 0 aliphatic heterocycles. The number of nitrogens with one attached hydrogen (secondary N) is 1. The van der Waals surface area contributed by atoms with Crippen LogP contribution in [0.5, 0.6) is 11.5 Å². The molecule has 0 fully saturated rings. The molecule has 0 saturated heterocycles. The summed E-state index contributed by atoms with van der Waals surface area (Å²) < 4.78 is 11.9. The number of nitrogens with zero attached hydrogens (tertiary/aromatic N) is 2. The lowest BCUT2D eigenvalue weighted by Crippen LogP contribution is -2.12. The lowest BCUT2D eigenvalue weighted by Gasteiger charge is -2.12. The molecule has 1 amide bonds. The van der Waals surface area contributed by atoms with Crippen LogP contribution in [0.15, 0.2) is 46.8 Å². The molecule has 1 aromatic heterocycles. The van der Waals surface area contributed by atoms with Gasteiger partial charge in [0, 0.05) is 11.3 Å². The third kappa shape index (κ3) is 5.95. The van der Waals surface area contributed by atoms with E-state index in [1.807, 2.05) is 19.9 Å². The van der Waals surface area contributed by atoms with E-state index < -0.39 is 0 Å². The molecule has 0 unspecified atom stereocenters. The molecule has 1 heterocycles. The third-order valence-electron chi connectivity index (χ3n) is 3.88. The molecule has 6 nitrogen and oxygen atoms in total. The van der Waals surface area contributed by atoms with Crippen molar-refractivity contribution in [2.24, 2.45) is 0 Å². The van der Waals surface area contributed by atoms with Gasteiger partial charge in [-0.15, -0.1) is 10.2 Å². The largest absolute Gasteiger partial charge is 0.490 e. The topological polar surface area (TPSA) is 73.3 Å². The van der Waals surface area contributed by atoms with E-state index in [0.717, 1.165) is 10.1 Å².